The molecular weight excluding hydrogens is 204 g/mol. The van der Waals surface area contributed by atoms with Crippen molar-refractivity contribution in [2.45, 2.75) is 30.3 Å². The predicted molar refractivity (Wildman–Crippen MR) is 65.9 cm³/mol. The van der Waals surface area contributed by atoms with Gasteiger partial charge in [0.05, 0.1) is 6.10 Å². The quantitative estimate of drug-likeness (QED) is 0.467. The summed E-state index contributed by atoms with van der Waals surface area (Å²) in [5.74, 6) is 2.59. The second-order valence-electron chi connectivity index (χ2n) is 3.35. The molecule has 0 aromatic heterocycles. The molecule has 1 nitrogen and oxygen atoms in total. The minimum absolute atomic E-state index is 0.387. The Bertz CT molecular complexity index is 341. The van der Waals surface area contributed by atoms with Gasteiger partial charge in [0, 0.05) is 11.3 Å². The number of benzene rings is 1. The number of hydrogen-bond acceptors (Lipinski definition) is 2. The van der Waals surface area contributed by atoms with E-state index in [-0.39, 0.29) is 6.10 Å². The molecule has 1 aromatic rings. The molecule has 1 atom stereocenters. The van der Waals surface area contributed by atoms with E-state index in [1.807, 2.05) is 30.5 Å². The van der Waals surface area contributed by atoms with E-state index in [1.165, 1.54) is 0 Å². The van der Waals surface area contributed by atoms with E-state index in [0.717, 1.165) is 29.7 Å². The second-order valence-corrected chi connectivity index (χ2v) is 4.20. The summed E-state index contributed by atoms with van der Waals surface area (Å²) >= 11 is 1.66. The monoisotopic (exact) mass is 220 g/mol. The van der Waals surface area contributed by atoms with E-state index >= 15 is 0 Å². The van der Waals surface area contributed by atoms with Crippen LogP contribution in [0.2, 0.25) is 0 Å². The van der Waals surface area contributed by atoms with Gasteiger partial charge >= 0.3 is 0 Å². The maximum atomic E-state index is 9.98. The minimum atomic E-state index is -0.387. The Labute approximate surface area is 95.9 Å². The van der Waals surface area contributed by atoms with Gasteiger partial charge in [0.25, 0.3) is 0 Å². The fourth-order valence-corrected chi connectivity index (χ4v) is 2.15. The predicted octanol–water partition coefficient (Wildman–Crippen LogP) is 3.25. The second kappa shape index (κ2) is 6.55. The van der Waals surface area contributed by atoms with Crippen LogP contribution in [0.4, 0.5) is 0 Å². The van der Waals surface area contributed by atoms with Crippen LogP contribution in [0.25, 0.3) is 0 Å². The van der Waals surface area contributed by atoms with Crippen molar-refractivity contribution in [3.05, 3.63) is 29.8 Å². The number of terminal acetylenes is 1. The van der Waals surface area contributed by atoms with Gasteiger partial charge in [0.1, 0.15) is 0 Å². The summed E-state index contributed by atoms with van der Waals surface area (Å²) in [5.41, 5.74) is 1.02. The third-order valence-electron chi connectivity index (χ3n) is 2.30. The Hall–Kier alpha value is -0.910. The maximum Gasteiger partial charge on any atom is 0.0801 e. The van der Waals surface area contributed by atoms with Crippen molar-refractivity contribution in [2.24, 2.45) is 0 Å². The molecular formula is C13H16OS. The zero-order valence-corrected chi connectivity index (χ0v) is 9.76. The van der Waals surface area contributed by atoms with Crippen LogP contribution in [0, 0.1) is 12.3 Å². The Morgan fingerprint density at radius 2 is 2.20 bits per heavy atom. The van der Waals surface area contributed by atoms with Gasteiger partial charge in [-0.25, -0.2) is 0 Å². The fourth-order valence-electron chi connectivity index (χ4n) is 1.49. The molecule has 0 aliphatic rings. The van der Waals surface area contributed by atoms with Crippen LogP contribution in [0.3, 0.4) is 0 Å². The molecule has 0 fully saturated rings. The lowest BCUT2D eigenvalue weighted by atomic mass is 10.0. The molecule has 1 N–H and O–H groups in total. The first-order valence-corrected chi connectivity index (χ1v) is 6.26. The van der Waals surface area contributed by atoms with Crippen molar-refractivity contribution < 1.29 is 5.11 Å². The van der Waals surface area contributed by atoms with Crippen molar-refractivity contribution in [2.75, 3.05) is 6.26 Å². The summed E-state index contributed by atoms with van der Waals surface area (Å²) in [6.07, 6.45) is 9.16. The van der Waals surface area contributed by atoms with Crippen LogP contribution in [0.15, 0.2) is 29.2 Å². The van der Waals surface area contributed by atoms with Crippen molar-refractivity contribution in [3.8, 4) is 12.3 Å². The molecule has 80 valence electrons. The number of rotatable bonds is 5. The molecule has 0 heterocycles. The summed E-state index contributed by atoms with van der Waals surface area (Å²) in [7, 11) is 0. The molecule has 0 amide bonds. The standard InChI is InChI=1S/C13H16OS/c1-3-4-5-9-12(14)11-8-6-7-10-13(11)15-2/h1,6-8,10,12,14H,4-5,9H2,2H3. The number of thioether (sulfide) groups is 1. The van der Waals surface area contributed by atoms with Crippen molar-refractivity contribution in [1.29, 1.82) is 0 Å². The van der Waals surface area contributed by atoms with Crippen LogP contribution in [-0.2, 0) is 0 Å². The van der Waals surface area contributed by atoms with Gasteiger partial charge in [-0.3, -0.25) is 0 Å². The topological polar surface area (TPSA) is 20.2 Å². The van der Waals surface area contributed by atoms with Crippen molar-refractivity contribution in [1.82, 2.24) is 0 Å². The van der Waals surface area contributed by atoms with Gasteiger partial charge in [-0.05, 0) is 30.7 Å². The molecule has 0 saturated carbocycles. The molecule has 0 aliphatic carbocycles. The lowest BCUT2D eigenvalue weighted by Gasteiger charge is -2.13. The molecule has 1 rings (SSSR count). The van der Waals surface area contributed by atoms with Gasteiger partial charge in [0.2, 0.25) is 0 Å². The number of aliphatic hydroxyl groups is 1. The first-order chi connectivity index (χ1) is 7.29. The summed E-state index contributed by atoms with van der Waals surface area (Å²) < 4.78 is 0. The molecule has 0 bridgehead atoms. The normalized spacial score (nSPS) is 12.1. The zero-order valence-electron chi connectivity index (χ0n) is 8.94. The van der Waals surface area contributed by atoms with Crippen LogP contribution >= 0.6 is 11.8 Å². The van der Waals surface area contributed by atoms with Gasteiger partial charge in [-0.2, -0.15) is 0 Å². The SMILES string of the molecule is C#CCCCC(O)c1ccccc1SC. The van der Waals surface area contributed by atoms with Crippen molar-refractivity contribution in [3.63, 3.8) is 0 Å². The van der Waals surface area contributed by atoms with Gasteiger partial charge in [0.15, 0.2) is 0 Å². The smallest absolute Gasteiger partial charge is 0.0801 e. The third kappa shape index (κ3) is 3.62. The largest absolute Gasteiger partial charge is 0.388 e. The summed E-state index contributed by atoms with van der Waals surface area (Å²) in [4.78, 5) is 1.14. The van der Waals surface area contributed by atoms with Crippen molar-refractivity contribution >= 4 is 11.8 Å². The highest BCUT2D eigenvalue weighted by Crippen LogP contribution is 2.28. The first-order valence-electron chi connectivity index (χ1n) is 5.04. The molecule has 0 saturated heterocycles. The first kappa shape index (κ1) is 12.2. The van der Waals surface area contributed by atoms with Crippen LogP contribution < -0.4 is 0 Å². The average molecular weight is 220 g/mol. The number of unbranched alkanes of at least 4 members (excludes halogenated alkanes) is 1. The summed E-state index contributed by atoms with van der Waals surface area (Å²) in [5, 5.41) is 9.98. The maximum absolute atomic E-state index is 9.98. The van der Waals surface area contributed by atoms with E-state index in [0.29, 0.717) is 0 Å². The van der Waals surface area contributed by atoms with Gasteiger partial charge in [-0.1, -0.05) is 18.2 Å². The Morgan fingerprint density at radius 1 is 1.47 bits per heavy atom. The molecule has 15 heavy (non-hydrogen) atoms. The van der Waals surface area contributed by atoms with E-state index in [1.54, 1.807) is 11.8 Å². The Balaban J connectivity index is 2.64. The van der Waals surface area contributed by atoms with Gasteiger partial charge in [-0.15, -0.1) is 24.1 Å². The number of aliphatic hydroxyl groups excluding tert-OH is 1. The highest BCUT2D eigenvalue weighted by atomic mass is 32.2. The zero-order chi connectivity index (χ0) is 11.1. The van der Waals surface area contributed by atoms with E-state index in [2.05, 4.69) is 5.92 Å². The Kier molecular flexibility index (Phi) is 5.31. The molecule has 1 unspecified atom stereocenters. The number of hydrogen-bond donors (Lipinski definition) is 1. The summed E-state index contributed by atoms with van der Waals surface area (Å²) in [6, 6.07) is 7.96. The molecule has 0 radical (unpaired) electrons. The van der Waals surface area contributed by atoms with E-state index in [9.17, 15) is 5.11 Å². The molecule has 1 aromatic carbocycles. The highest BCUT2D eigenvalue weighted by Gasteiger charge is 2.10. The lowest BCUT2D eigenvalue weighted by molar-refractivity contribution is 0.162. The molecule has 2 heteroatoms. The van der Waals surface area contributed by atoms with E-state index in [4.69, 9.17) is 6.42 Å². The average Bonchev–Trinajstić information content (AvgIpc) is 2.29. The fraction of sp³-hybridized carbons (Fsp3) is 0.385. The molecule has 0 aliphatic heterocycles. The van der Waals surface area contributed by atoms with Gasteiger partial charge < -0.3 is 5.11 Å². The Morgan fingerprint density at radius 3 is 2.87 bits per heavy atom. The lowest BCUT2D eigenvalue weighted by Crippen LogP contribution is -1.98. The highest BCUT2D eigenvalue weighted by molar-refractivity contribution is 7.98. The van der Waals surface area contributed by atoms with Crippen LogP contribution in [0.5, 0.6) is 0 Å². The molecule has 0 spiro atoms. The van der Waals surface area contributed by atoms with E-state index < -0.39 is 0 Å². The minimum Gasteiger partial charge on any atom is -0.388 e. The van der Waals surface area contributed by atoms with Crippen LogP contribution in [0.1, 0.15) is 30.9 Å². The summed E-state index contributed by atoms with van der Waals surface area (Å²) in [6.45, 7) is 0. The third-order valence-corrected chi connectivity index (χ3v) is 3.11. The van der Waals surface area contributed by atoms with Crippen LogP contribution in [-0.4, -0.2) is 11.4 Å².